The van der Waals surface area contributed by atoms with Gasteiger partial charge in [-0.3, -0.25) is 9.89 Å². The lowest BCUT2D eigenvalue weighted by Crippen LogP contribution is -2.36. The fourth-order valence-electron chi connectivity index (χ4n) is 4.16. The molecule has 2 aromatic carbocycles. The molecule has 1 amide bonds. The summed E-state index contributed by atoms with van der Waals surface area (Å²) in [6.45, 7) is 2.19. The Morgan fingerprint density at radius 3 is 2.74 bits per heavy atom. The number of aromatic amines is 1. The molecule has 3 heterocycles. The average Bonchev–Trinajstić information content (AvgIpc) is 3.41. The minimum atomic E-state index is -3.82. The molecule has 1 aliphatic rings. The first-order valence-electron chi connectivity index (χ1n) is 10.5. The molecular formula is C23H20ClF2N5O3. The number of fused-ring (bicyclic) bond motifs is 3. The largest absolute Gasteiger partial charge is 0.487 e. The van der Waals surface area contributed by atoms with Gasteiger partial charge in [0, 0.05) is 41.0 Å². The van der Waals surface area contributed by atoms with E-state index in [9.17, 15) is 18.7 Å². The second kappa shape index (κ2) is 8.07. The van der Waals surface area contributed by atoms with Gasteiger partial charge in [0.15, 0.2) is 0 Å². The average molecular weight is 488 g/mol. The van der Waals surface area contributed by atoms with Crippen LogP contribution in [0.4, 0.5) is 14.5 Å². The Labute approximate surface area is 197 Å². The number of aryl methyl sites for hydroxylation is 1. The number of halogens is 3. The second-order valence-corrected chi connectivity index (χ2v) is 8.94. The summed E-state index contributed by atoms with van der Waals surface area (Å²) >= 11 is 4.78. The van der Waals surface area contributed by atoms with Gasteiger partial charge in [-0.05, 0) is 55.8 Å². The van der Waals surface area contributed by atoms with Crippen LogP contribution in [0.25, 0.3) is 22.3 Å². The van der Waals surface area contributed by atoms with Crippen molar-refractivity contribution in [3.05, 3.63) is 60.0 Å². The van der Waals surface area contributed by atoms with Crippen LogP contribution in [0.15, 0.2) is 48.7 Å². The number of hydrogen-bond acceptors (Lipinski definition) is 5. The van der Waals surface area contributed by atoms with E-state index in [4.69, 9.17) is 16.6 Å². The summed E-state index contributed by atoms with van der Waals surface area (Å²) in [5.74, 6) is 0.295. The van der Waals surface area contributed by atoms with Crippen molar-refractivity contribution < 1.29 is 23.4 Å². The van der Waals surface area contributed by atoms with Gasteiger partial charge >= 0.3 is 5.57 Å². The summed E-state index contributed by atoms with van der Waals surface area (Å²) in [5, 5.41) is 20.3. The van der Waals surface area contributed by atoms with Crippen LogP contribution in [-0.4, -0.2) is 41.9 Å². The monoisotopic (exact) mass is 487 g/mol. The van der Waals surface area contributed by atoms with Crippen LogP contribution in [0, 0.1) is 0 Å². The molecule has 0 bridgehead atoms. The van der Waals surface area contributed by atoms with Gasteiger partial charge in [0.2, 0.25) is 0 Å². The van der Waals surface area contributed by atoms with Crippen molar-refractivity contribution in [1.29, 1.82) is 0 Å². The maximum absolute atomic E-state index is 13.1. The van der Waals surface area contributed by atoms with Crippen molar-refractivity contribution in [3.8, 4) is 17.0 Å². The van der Waals surface area contributed by atoms with Gasteiger partial charge in [-0.25, -0.2) is 4.98 Å². The van der Waals surface area contributed by atoms with Gasteiger partial charge in [0.1, 0.15) is 11.6 Å². The van der Waals surface area contributed by atoms with E-state index in [2.05, 4.69) is 20.3 Å². The van der Waals surface area contributed by atoms with E-state index in [1.807, 2.05) is 4.57 Å². The lowest BCUT2D eigenvalue weighted by atomic mass is 9.96. The van der Waals surface area contributed by atoms with Crippen LogP contribution < -0.4 is 10.1 Å². The zero-order valence-electron chi connectivity index (χ0n) is 18.0. The molecule has 0 spiro atoms. The molecule has 0 aliphatic carbocycles. The summed E-state index contributed by atoms with van der Waals surface area (Å²) in [4.78, 5) is 17.8. The number of hydrogen-bond donors (Lipinski definition) is 3. The lowest BCUT2D eigenvalue weighted by Gasteiger charge is -2.29. The highest BCUT2D eigenvalue weighted by Gasteiger charge is 2.31. The summed E-state index contributed by atoms with van der Waals surface area (Å²) in [5.41, 5.74) is -1.07. The van der Waals surface area contributed by atoms with Crippen LogP contribution in [0.5, 0.6) is 5.75 Å². The second-order valence-electron chi connectivity index (χ2n) is 8.50. The van der Waals surface area contributed by atoms with E-state index in [0.717, 1.165) is 16.9 Å². The number of imidazole rings is 1. The molecule has 11 heteroatoms. The Balaban J connectivity index is 1.50. The summed E-state index contributed by atoms with van der Waals surface area (Å²) in [6.07, 6.45) is 2.82. The van der Waals surface area contributed by atoms with E-state index >= 15 is 0 Å². The normalized spacial score (nSPS) is 18.0. The van der Waals surface area contributed by atoms with E-state index in [0.29, 0.717) is 41.8 Å². The van der Waals surface area contributed by atoms with Gasteiger partial charge < -0.3 is 19.7 Å². The zero-order chi connectivity index (χ0) is 24.1. The van der Waals surface area contributed by atoms with Crippen LogP contribution in [0.3, 0.4) is 0 Å². The maximum atomic E-state index is 13.1. The molecule has 0 saturated heterocycles. The number of carbonyl (C=O) groups excluding carboxylic acids is 1. The molecule has 1 atom stereocenters. The molecule has 2 aromatic heterocycles. The molecule has 176 valence electrons. The molecule has 5 rings (SSSR count). The number of aromatic nitrogens is 4. The molecule has 1 aliphatic heterocycles. The molecular weight excluding hydrogens is 468 g/mol. The Kier molecular flexibility index (Phi) is 5.29. The third-order valence-electron chi connectivity index (χ3n) is 5.71. The van der Waals surface area contributed by atoms with Crippen LogP contribution in [-0.2, 0) is 13.0 Å². The highest BCUT2D eigenvalue weighted by atomic mass is 35.5. The number of H-pyrrole nitrogens is 1. The number of benzene rings is 2. The Morgan fingerprint density at radius 1 is 1.29 bits per heavy atom. The highest BCUT2D eigenvalue weighted by molar-refractivity contribution is 6.20. The minimum absolute atomic E-state index is 0.138. The van der Waals surface area contributed by atoms with Gasteiger partial charge in [0.05, 0.1) is 28.9 Å². The Bertz CT molecular complexity index is 1360. The first-order chi connectivity index (χ1) is 16.1. The van der Waals surface area contributed by atoms with E-state index < -0.39 is 17.1 Å². The number of nitrogens with one attached hydrogen (secondary N) is 2. The fourth-order valence-corrected chi connectivity index (χ4v) is 4.25. The third kappa shape index (κ3) is 4.46. The van der Waals surface area contributed by atoms with Gasteiger partial charge in [-0.15, -0.1) is 8.78 Å². The highest BCUT2D eigenvalue weighted by Crippen LogP contribution is 2.34. The number of alkyl halides is 3. The maximum Gasteiger partial charge on any atom is 0.487 e. The van der Waals surface area contributed by atoms with Crippen molar-refractivity contribution in [3.63, 3.8) is 0 Å². The zero-order valence-corrected chi connectivity index (χ0v) is 18.7. The van der Waals surface area contributed by atoms with E-state index in [1.54, 1.807) is 31.3 Å². The minimum Gasteiger partial charge on any atom is -0.420 e. The smallest absolute Gasteiger partial charge is 0.420 e. The lowest BCUT2D eigenvalue weighted by molar-refractivity contribution is -0.0964. The van der Waals surface area contributed by atoms with Crippen LogP contribution >= 0.6 is 11.6 Å². The van der Waals surface area contributed by atoms with E-state index in [-0.39, 0.29) is 5.75 Å². The standard InChI is InChI=1S/C23H20ClF2N5O3/c1-22(33)8-6-19-29-18-11-13(10-16(17-7-9-27-30-17)20(18)31(19)12-22)21(32)28-14-2-4-15(5-3-14)34-23(24,25)26/h2-5,7,9-11,33H,6,8,12H2,1H3,(H,27,30)(H,28,32). The number of aliphatic hydroxyl groups is 1. The van der Waals surface area contributed by atoms with Crippen molar-refractivity contribution in [2.24, 2.45) is 0 Å². The molecule has 0 fully saturated rings. The van der Waals surface area contributed by atoms with Crippen molar-refractivity contribution >= 4 is 34.2 Å². The molecule has 0 saturated carbocycles. The number of nitrogens with zero attached hydrogens (tertiary/aromatic N) is 3. The number of ether oxygens (including phenoxy) is 1. The van der Waals surface area contributed by atoms with Crippen molar-refractivity contribution in [2.75, 3.05) is 5.32 Å². The Morgan fingerprint density at radius 2 is 2.06 bits per heavy atom. The third-order valence-corrected chi connectivity index (χ3v) is 5.78. The summed E-state index contributed by atoms with van der Waals surface area (Å²) in [7, 11) is 0. The van der Waals surface area contributed by atoms with Crippen molar-refractivity contribution in [1.82, 2.24) is 19.7 Å². The topological polar surface area (TPSA) is 105 Å². The molecule has 3 N–H and O–H groups in total. The Hall–Kier alpha value is -3.50. The van der Waals surface area contributed by atoms with E-state index in [1.165, 1.54) is 24.3 Å². The van der Waals surface area contributed by atoms with Gasteiger partial charge in [-0.2, -0.15) is 5.10 Å². The fraction of sp³-hybridized carbons (Fsp3) is 0.261. The predicted molar refractivity (Wildman–Crippen MR) is 122 cm³/mol. The van der Waals surface area contributed by atoms with Crippen LogP contribution in [0.2, 0.25) is 0 Å². The number of rotatable bonds is 5. The first-order valence-corrected chi connectivity index (χ1v) is 10.9. The molecule has 0 radical (unpaired) electrons. The number of carbonyl (C=O) groups is 1. The molecule has 8 nitrogen and oxygen atoms in total. The number of anilines is 1. The summed E-state index contributed by atoms with van der Waals surface area (Å²) < 4.78 is 31.9. The van der Waals surface area contributed by atoms with Gasteiger partial charge in [-0.1, -0.05) is 0 Å². The van der Waals surface area contributed by atoms with Crippen LogP contribution in [0.1, 0.15) is 29.5 Å². The number of amides is 1. The quantitative estimate of drug-likeness (QED) is 0.358. The van der Waals surface area contributed by atoms with Crippen molar-refractivity contribution in [2.45, 2.75) is 37.5 Å². The predicted octanol–water partition coefficient (Wildman–Crippen LogP) is 4.54. The molecule has 4 aromatic rings. The van der Waals surface area contributed by atoms with Gasteiger partial charge in [0.25, 0.3) is 5.91 Å². The SMILES string of the molecule is CC1(O)CCc2nc3cc(C(=O)Nc4ccc(OC(F)(F)Cl)cc4)cc(-c4ccn[nH]4)c3n2C1. The summed E-state index contributed by atoms with van der Waals surface area (Å²) in [6, 6.07) is 10.6. The molecule has 1 unspecified atom stereocenters. The molecule has 34 heavy (non-hydrogen) atoms. The first kappa shape index (κ1) is 22.3.